The summed E-state index contributed by atoms with van der Waals surface area (Å²) in [6.45, 7) is 8.21. The third-order valence-electron chi connectivity index (χ3n) is 3.50. The predicted octanol–water partition coefficient (Wildman–Crippen LogP) is 1.20. The zero-order valence-electron chi connectivity index (χ0n) is 11.2. The fourth-order valence-corrected chi connectivity index (χ4v) is 2.43. The lowest BCUT2D eigenvalue weighted by molar-refractivity contribution is -0.120. The van der Waals surface area contributed by atoms with Crippen LogP contribution in [-0.2, 0) is 9.59 Å². The van der Waals surface area contributed by atoms with Gasteiger partial charge < -0.3 is 10.2 Å². The quantitative estimate of drug-likeness (QED) is 0.785. The highest BCUT2D eigenvalue weighted by Crippen LogP contribution is 2.19. The van der Waals surface area contributed by atoms with Gasteiger partial charge in [-0.2, -0.15) is 0 Å². The van der Waals surface area contributed by atoms with Gasteiger partial charge in [-0.05, 0) is 45.7 Å². The topological polar surface area (TPSA) is 49.4 Å². The normalized spacial score (nSPS) is 19.9. The number of Topliss-reactive ketones (excluding diaryl/α,β-unsaturated/α-hetero) is 1. The van der Waals surface area contributed by atoms with Crippen LogP contribution in [0.5, 0.6) is 0 Å². The molecule has 98 valence electrons. The van der Waals surface area contributed by atoms with Crippen LogP contribution in [0.1, 0.15) is 40.0 Å². The van der Waals surface area contributed by atoms with E-state index in [9.17, 15) is 9.59 Å². The fourth-order valence-electron chi connectivity index (χ4n) is 2.43. The Morgan fingerprint density at radius 1 is 1.29 bits per heavy atom. The molecule has 4 nitrogen and oxygen atoms in total. The first-order valence-electron chi connectivity index (χ1n) is 6.47. The largest absolute Gasteiger partial charge is 0.356 e. The number of hydrogen-bond acceptors (Lipinski definition) is 3. The molecule has 0 spiro atoms. The predicted molar refractivity (Wildman–Crippen MR) is 67.7 cm³/mol. The van der Waals surface area contributed by atoms with Crippen LogP contribution in [0.15, 0.2) is 0 Å². The van der Waals surface area contributed by atoms with Crippen LogP contribution in [0, 0.1) is 5.92 Å². The highest BCUT2D eigenvalue weighted by molar-refractivity contribution is 5.76. The van der Waals surface area contributed by atoms with Crippen LogP contribution >= 0.6 is 0 Å². The molecule has 17 heavy (non-hydrogen) atoms. The van der Waals surface area contributed by atoms with E-state index < -0.39 is 0 Å². The molecule has 1 rings (SSSR count). The van der Waals surface area contributed by atoms with Crippen molar-refractivity contribution in [3.8, 4) is 0 Å². The zero-order chi connectivity index (χ0) is 12.8. The maximum atomic E-state index is 11.1. The second-order valence-electron chi connectivity index (χ2n) is 5.17. The van der Waals surface area contributed by atoms with E-state index in [1.807, 2.05) is 0 Å². The van der Waals surface area contributed by atoms with Crippen LogP contribution in [0.25, 0.3) is 0 Å². The van der Waals surface area contributed by atoms with Crippen molar-refractivity contribution in [2.24, 2.45) is 5.92 Å². The minimum absolute atomic E-state index is 0.0531. The Labute approximate surface area is 104 Å². The number of nitrogens with zero attached hydrogens (tertiary/aromatic N) is 1. The molecule has 0 aliphatic carbocycles. The van der Waals surface area contributed by atoms with Gasteiger partial charge in [0.25, 0.3) is 0 Å². The van der Waals surface area contributed by atoms with Gasteiger partial charge >= 0.3 is 0 Å². The number of piperidine rings is 1. The Kier molecular flexibility index (Phi) is 5.62. The van der Waals surface area contributed by atoms with Crippen molar-refractivity contribution in [3.63, 3.8) is 0 Å². The Bertz CT molecular complexity index is 271. The number of carbonyl (C=O) groups excluding carboxylic acids is 2. The van der Waals surface area contributed by atoms with E-state index in [2.05, 4.69) is 17.1 Å². The third-order valence-corrected chi connectivity index (χ3v) is 3.50. The minimum atomic E-state index is 0.0531. The molecule has 1 aliphatic rings. The number of nitrogens with one attached hydrogen (secondary N) is 1. The van der Waals surface area contributed by atoms with Crippen LogP contribution in [0.4, 0.5) is 0 Å². The summed E-state index contributed by atoms with van der Waals surface area (Å²) in [5, 5.41) is 2.88. The third kappa shape index (κ3) is 5.31. The van der Waals surface area contributed by atoms with E-state index in [4.69, 9.17) is 0 Å². The summed E-state index contributed by atoms with van der Waals surface area (Å²) in [6.07, 6.45) is 2.88. The van der Waals surface area contributed by atoms with Gasteiger partial charge in [-0.3, -0.25) is 9.59 Å². The Morgan fingerprint density at radius 2 is 1.88 bits per heavy atom. The molecule has 1 atom stereocenters. The molecule has 1 amide bonds. The van der Waals surface area contributed by atoms with Gasteiger partial charge in [-0.15, -0.1) is 0 Å². The number of hydrogen-bond donors (Lipinski definition) is 1. The van der Waals surface area contributed by atoms with E-state index in [0.29, 0.717) is 18.4 Å². The summed E-state index contributed by atoms with van der Waals surface area (Å²) in [7, 11) is 0. The van der Waals surface area contributed by atoms with Crippen LogP contribution in [0.2, 0.25) is 0 Å². The number of carbonyl (C=O) groups is 2. The molecule has 0 aromatic heterocycles. The molecule has 1 fully saturated rings. The fraction of sp³-hybridized carbons (Fsp3) is 0.846. The molecule has 0 bridgehead atoms. The molecule has 0 aromatic rings. The van der Waals surface area contributed by atoms with Gasteiger partial charge in [0.2, 0.25) is 5.91 Å². The summed E-state index contributed by atoms with van der Waals surface area (Å²) in [4.78, 5) is 24.3. The van der Waals surface area contributed by atoms with E-state index in [0.717, 1.165) is 32.5 Å². The molecule has 1 unspecified atom stereocenters. The average Bonchev–Trinajstić information content (AvgIpc) is 2.26. The summed E-state index contributed by atoms with van der Waals surface area (Å²) in [5.74, 6) is 0.912. The van der Waals surface area contributed by atoms with E-state index in [1.54, 1.807) is 13.8 Å². The maximum Gasteiger partial charge on any atom is 0.216 e. The van der Waals surface area contributed by atoms with Crippen molar-refractivity contribution in [3.05, 3.63) is 0 Å². The lowest BCUT2D eigenvalue weighted by Gasteiger charge is -2.35. The molecular formula is C13H24N2O2. The van der Waals surface area contributed by atoms with Crippen LogP contribution in [-0.4, -0.2) is 42.3 Å². The van der Waals surface area contributed by atoms with Gasteiger partial charge in [-0.25, -0.2) is 0 Å². The second kappa shape index (κ2) is 6.74. The van der Waals surface area contributed by atoms with Crippen LogP contribution in [0.3, 0.4) is 0 Å². The van der Waals surface area contributed by atoms with Gasteiger partial charge in [0.15, 0.2) is 0 Å². The Hall–Kier alpha value is -0.900. The van der Waals surface area contributed by atoms with E-state index >= 15 is 0 Å². The molecule has 0 aromatic carbocycles. The highest BCUT2D eigenvalue weighted by Gasteiger charge is 2.23. The molecule has 0 radical (unpaired) electrons. The Balaban J connectivity index is 2.25. The Morgan fingerprint density at radius 3 is 2.35 bits per heavy atom. The SMILES string of the molecule is CC(=O)CC(C)N1CCC(CNC(C)=O)CC1. The smallest absolute Gasteiger partial charge is 0.216 e. The number of rotatable bonds is 5. The molecule has 1 aliphatic heterocycles. The lowest BCUT2D eigenvalue weighted by Crippen LogP contribution is -2.43. The van der Waals surface area contributed by atoms with Crippen LogP contribution < -0.4 is 5.32 Å². The van der Waals surface area contributed by atoms with Gasteiger partial charge in [0.05, 0.1) is 0 Å². The molecule has 1 saturated heterocycles. The lowest BCUT2D eigenvalue weighted by atomic mass is 9.95. The second-order valence-corrected chi connectivity index (χ2v) is 5.17. The van der Waals surface area contributed by atoms with Crippen molar-refractivity contribution < 1.29 is 9.59 Å². The summed E-state index contributed by atoms with van der Waals surface area (Å²) < 4.78 is 0. The molecular weight excluding hydrogens is 216 g/mol. The summed E-state index contributed by atoms with van der Waals surface area (Å²) >= 11 is 0. The first-order valence-corrected chi connectivity index (χ1v) is 6.47. The van der Waals surface area contributed by atoms with Crippen molar-refractivity contribution in [2.45, 2.75) is 46.1 Å². The molecule has 1 heterocycles. The monoisotopic (exact) mass is 240 g/mol. The summed E-state index contributed by atoms with van der Waals surface area (Å²) in [5.41, 5.74) is 0. The first-order chi connectivity index (χ1) is 7.99. The van der Waals surface area contributed by atoms with Crippen molar-refractivity contribution in [1.82, 2.24) is 10.2 Å². The molecule has 1 N–H and O–H groups in total. The van der Waals surface area contributed by atoms with Gasteiger partial charge in [0.1, 0.15) is 5.78 Å². The number of ketones is 1. The number of likely N-dealkylation sites (tertiary alicyclic amines) is 1. The molecule has 0 saturated carbocycles. The summed E-state index contributed by atoms with van der Waals surface area (Å²) in [6, 6.07) is 0.356. The first kappa shape index (κ1) is 14.2. The number of amides is 1. The maximum absolute atomic E-state index is 11.1. The zero-order valence-corrected chi connectivity index (χ0v) is 11.2. The van der Waals surface area contributed by atoms with Gasteiger partial charge in [-0.1, -0.05) is 0 Å². The minimum Gasteiger partial charge on any atom is -0.356 e. The van der Waals surface area contributed by atoms with Crippen molar-refractivity contribution in [1.29, 1.82) is 0 Å². The van der Waals surface area contributed by atoms with E-state index in [-0.39, 0.29) is 11.7 Å². The van der Waals surface area contributed by atoms with Crippen molar-refractivity contribution >= 4 is 11.7 Å². The van der Waals surface area contributed by atoms with E-state index in [1.165, 1.54) is 0 Å². The van der Waals surface area contributed by atoms with Crippen molar-refractivity contribution in [2.75, 3.05) is 19.6 Å². The average molecular weight is 240 g/mol. The van der Waals surface area contributed by atoms with Gasteiger partial charge in [0, 0.05) is 25.9 Å². The standard InChI is InChI=1S/C13H24N2O2/c1-10(8-11(2)16)15-6-4-13(5-7-15)9-14-12(3)17/h10,13H,4-9H2,1-3H3,(H,14,17). The highest BCUT2D eigenvalue weighted by atomic mass is 16.1. The molecule has 4 heteroatoms.